The molecule has 0 radical (unpaired) electrons. The van der Waals surface area contributed by atoms with Gasteiger partial charge in [0.1, 0.15) is 5.82 Å². The SMILES string of the molecule is Cc1cc(C)c(CS(=O)(=O)CC(O)c2ccc(F)cc2)c(C)c1. The van der Waals surface area contributed by atoms with Crippen LogP contribution in [0.25, 0.3) is 0 Å². The average Bonchev–Trinajstić information content (AvgIpc) is 2.43. The molecule has 0 aliphatic heterocycles. The minimum absolute atomic E-state index is 0.108. The van der Waals surface area contributed by atoms with Gasteiger partial charge in [-0.05, 0) is 55.2 Å². The molecule has 0 heterocycles. The third-order valence-corrected chi connectivity index (χ3v) is 5.42. The van der Waals surface area contributed by atoms with E-state index in [4.69, 9.17) is 0 Å². The Bertz CT molecular complexity index is 773. The lowest BCUT2D eigenvalue weighted by molar-refractivity contribution is 0.201. The monoisotopic (exact) mass is 336 g/mol. The van der Waals surface area contributed by atoms with Crippen LogP contribution in [0.5, 0.6) is 0 Å². The van der Waals surface area contributed by atoms with Crippen LogP contribution in [0.2, 0.25) is 0 Å². The van der Waals surface area contributed by atoms with Crippen LogP contribution in [0.4, 0.5) is 4.39 Å². The third-order valence-electron chi connectivity index (χ3n) is 3.87. The van der Waals surface area contributed by atoms with Gasteiger partial charge in [0.15, 0.2) is 9.84 Å². The molecule has 0 saturated carbocycles. The number of aliphatic hydroxyl groups is 1. The van der Waals surface area contributed by atoms with Crippen molar-refractivity contribution in [1.29, 1.82) is 0 Å². The van der Waals surface area contributed by atoms with E-state index >= 15 is 0 Å². The Morgan fingerprint density at radius 1 is 1.04 bits per heavy atom. The molecule has 2 aromatic rings. The van der Waals surface area contributed by atoms with E-state index in [2.05, 4.69) is 0 Å². The number of halogens is 1. The summed E-state index contributed by atoms with van der Waals surface area (Å²) in [5.74, 6) is -0.913. The second-order valence-corrected chi connectivity index (χ2v) is 8.11. The van der Waals surface area contributed by atoms with Gasteiger partial charge in [-0.3, -0.25) is 0 Å². The van der Waals surface area contributed by atoms with E-state index in [9.17, 15) is 17.9 Å². The second kappa shape index (κ2) is 6.81. The lowest BCUT2D eigenvalue weighted by atomic mass is 10.0. The largest absolute Gasteiger partial charge is 0.387 e. The first-order valence-electron chi connectivity index (χ1n) is 7.38. The summed E-state index contributed by atoms with van der Waals surface area (Å²) < 4.78 is 37.7. The Kier molecular flexibility index (Phi) is 5.22. The summed E-state index contributed by atoms with van der Waals surface area (Å²) in [6.45, 7) is 5.75. The smallest absolute Gasteiger partial charge is 0.157 e. The van der Waals surface area contributed by atoms with Crippen LogP contribution in [-0.2, 0) is 15.6 Å². The highest BCUT2D eigenvalue weighted by Crippen LogP contribution is 2.22. The quantitative estimate of drug-likeness (QED) is 0.910. The Balaban J connectivity index is 2.18. The standard InChI is InChI=1S/C18H21FO3S/c1-12-8-13(2)17(14(3)9-12)10-23(21,22)11-18(20)15-4-6-16(19)7-5-15/h4-9,18,20H,10-11H2,1-3H3. The first kappa shape index (κ1) is 17.6. The molecule has 0 saturated heterocycles. The molecular weight excluding hydrogens is 315 g/mol. The van der Waals surface area contributed by atoms with Crippen LogP contribution < -0.4 is 0 Å². The normalized spacial score (nSPS) is 13.1. The molecular formula is C18H21FO3S. The summed E-state index contributed by atoms with van der Waals surface area (Å²) in [7, 11) is -3.49. The molecule has 0 amide bonds. The van der Waals surface area contributed by atoms with E-state index in [1.165, 1.54) is 24.3 Å². The molecule has 1 atom stereocenters. The number of rotatable bonds is 5. The van der Waals surface area contributed by atoms with Crippen molar-refractivity contribution in [3.63, 3.8) is 0 Å². The zero-order valence-electron chi connectivity index (χ0n) is 13.5. The van der Waals surface area contributed by atoms with Gasteiger partial charge in [-0.25, -0.2) is 12.8 Å². The third kappa shape index (κ3) is 4.62. The van der Waals surface area contributed by atoms with E-state index in [1.54, 1.807) is 0 Å². The Hall–Kier alpha value is -1.72. The minimum Gasteiger partial charge on any atom is -0.387 e. The van der Waals surface area contributed by atoms with E-state index in [0.29, 0.717) is 5.56 Å². The van der Waals surface area contributed by atoms with Crippen LogP contribution in [0.1, 0.15) is 33.9 Å². The number of hydrogen-bond acceptors (Lipinski definition) is 3. The summed E-state index contributed by atoms with van der Waals surface area (Å²) in [5, 5.41) is 10.1. The Morgan fingerprint density at radius 3 is 2.09 bits per heavy atom. The van der Waals surface area contributed by atoms with Crippen molar-refractivity contribution < 1.29 is 17.9 Å². The van der Waals surface area contributed by atoms with Crippen molar-refractivity contribution >= 4 is 9.84 Å². The number of aliphatic hydroxyl groups excluding tert-OH is 1. The highest BCUT2D eigenvalue weighted by atomic mass is 32.2. The van der Waals surface area contributed by atoms with Gasteiger partial charge in [0.05, 0.1) is 17.6 Å². The second-order valence-electron chi connectivity index (χ2n) is 6.00. The van der Waals surface area contributed by atoms with E-state index < -0.39 is 21.8 Å². The molecule has 0 aliphatic carbocycles. The van der Waals surface area contributed by atoms with Crippen molar-refractivity contribution in [3.05, 3.63) is 70.0 Å². The Labute approximate surface area is 136 Å². The van der Waals surface area contributed by atoms with Crippen LogP contribution in [-0.4, -0.2) is 19.3 Å². The van der Waals surface area contributed by atoms with Crippen molar-refractivity contribution in [2.24, 2.45) is 0 Å². The zero-order chi connectivity index (χ0) is 17.2. The fourth-order valence-corrected chi connectivity index (χ4v) is 4.42. The van der Waals surface area contributed by atoms with Gasteiger partial charge in [0.25, 0.3) is 0 Å². The van der Waals surface area contributed by atoms with Crippen molar-refractivity contribution in [2.75, 3.05) is 5.75 Å². The van der Waals surface area contributed by atoms with Crippen LogP contribution in [0.3, 0.4) is 0 Å². The minimum atomic E-state index is -3.49. The van der Waals surface area contributed by atoms with Crippen molar-refractivity contribution in [1.82, 2.24) is 0 Å². The molecule has 3 nitrogen and oxygen atoms in total. The van der Waals surface area contributed by atoms with Crippen LogP contribution >= 0.6 is 0 Å². The van der Waals surface area contributed by atoms with Crippen LogP contribution in [0.15, 0.2) is 36.4 Å². The Morgan fingerprint density at radius 2 is 1.57 bits per heavy atom. The average molecular weight is 336 g/mol. The zero-order valence-corrected chi connectivity index (χ0v) is 14.3. The maximum atomic E-state index is 12.9. The molecule has 23 heavy (non-hydrogen) atoms. The topological polar surface area (TPSA) is 54.4 Å². The molecule has 0 spiro atoms. The summed E-state index contributed by atoms with van der Waals surface area (Å²) in [6.07, 6.45) is -1.16. The first-order valence-corrected chi connectivity index (χ1v) is 9.21. The molecule has 1 N–H and O–H groups in total. The summed E-state index contributed by atoms with van der Waals surface area (Å²) in [4.78, 5) is 0. The van der Waals surface area contributed by atoms with Crippen LogP contribution in [0, 0.1) is 26.6 Å². The lowest BCUT2D eigenvalue weighted by Gasteiger charge is -2.15. The number of benzene rings is 2. The molecule has 0 bridgehead atoms. The molecule has 0 aliphatic rings. The van der Waals surface area contributed by atoms with Gasteiger partial charge in [-0.1, -0.05) is 29.8 Å². The van der Waals surface area contributed by atoms with Crippen molar-refractivity contribution in [3.8, 4) is 0 Å². The number of aryl methyl sites for hydroxylation is 3. The van der Waals surface area contributed by atoms with E-state index in [-0.39, 0.29) is 11.5 Å². The molecule has 2 aromatic carbocycles. The highest BCUT2D eigenvalue weighted by molar-refractivity contribution is 7.90. The fraction of sp³-hybridized carbons (Fsp3) is 0.333. The summed E-state index contributed by atoms with van der Waals surface area (Å²) in [5.41, 5.74) is 4.13. The molecule has 2 rings (SSSR count). The number of sulfone groups is 1. The molecule has 124 valence electrons. The van der Waals surface area contributed by atoms with Gasteiger partial charge < -0.3 is 5.11 Å². The molecule has 0 fully saturated rings. The fourth-order valence-electron chi connectivity index (χ4n) is 2.74. The van der Waals surface area contributed by atoms with Gasteiger partial charge in [0, 0.05) is 0 Å². The first-order chi connectivity index (χ1) is 10.7. The molecule has 0 aromatic heterocycles. The number of hydrogen-bond donors (Lipinski definition) is 1. The van der Waals surface area contributed by atoms with E-state index in [1.807, 2.05) is 32.9 Å². The predicted molar refractivity (Wildman–Crippen MR) is 89.5 cm³/mol. The van der Waals surface area contributed by atoms with Gasteiger partial charge >= 0.3 is 0 Å². The predicted octanol–water partition coefficient (Wildman–Crippen LogP) is 3.40. The maximum absolute atomic E-state index is 12.9. The van der Waals surface area contributed by atoms with E-state index in [0.717, 1.165) is 22.3 Å². The lowest BCUT2D eigenvalue weighted by Crippen LogP contribution is -2.17. The van der Waals surface area contributed by atoms with Gasteiger partial charge in [-0.15, -0.1) is 0 Å². The maximum Gasteiger partial charge on any atom is 0.157 e. The molecule has 1 unspecified atom stereocenters. The van der Waals surface area contributed by atoms with Gasteiger partial charge in [0.2, 0.25) is 0 Å². The summed E-state index contributed by atoms with van der Waals surface area (Å²) in [6, 6.07) is 9.12. The highest BCUT2D eigenvalue weighted by Gasteiger charge is 2.21. The van der Waals surface area contributed by atoms with Gasteiger partial charge in [-0.2, -0.15) is 0 Å². The summed E-state index contributed by atoms with van der Waals surface area (Å²) >= 11 is 0. The molecule has 5 heteroatoms. The van der Waals surface area contributed by atoms with Crippen molar-refractivity contribution in [2.45, 2.75) is 32.6 Å².